The molecule has 3 aromatic rings. The highest BCUT2D eigenvalue weighted by Crippen LogP contribution is 2.33. The van der Waals surface area contributed by atoms with Crippen LogP contribution >= 0.6 is 0 Å². The Morgan fingerprint density at radius 3 is 2.19 bits per heavy atom. The van der Waals surface area contributed by atoms with Gasteiger partial charge in [-0.05, 0) is 25.7 Å². The summed E-state index contributed by atoms with van der Waals surface area (Å²) in [5, 5.41) is 27.9. The normalized spacial score (nSPS) is 14.7. The minimum atomic E-state index is -1.83. The standard InChI is InChI=1S/C19H22N8O2.2CH2O3/c1-11-13(8-21-17(23-11)15(20)28)16-24-18(26-4-6-29-7-5-26)14-19(25-16)27(10-22-14)9-12-2-3-12;2*2-1(3)4/h8,10,12H,2-7,9H2,1H3,(H2,20,28);2*(H2,2,3,4). The zero-order valence-electron chi connectivity index (χ0n) is 19.8. The molecule has 198 valence electrons. The fraction of sp³-hybridized carbons (Fsp3) is 0.429. The SMILES string of the molecule is Cc1nc(C(N)=O)ncc1-c1nc(N2CCOCC2)c2ncn(CC3CC3)c2n1.O=C(O)O.O=C(O)O. The number of nitrogens with two attached hydrogens (primary N) is 1. The van der Waals surface area contributed by atoms with E-state index in [2.05, 4.69) is 24.4 Å². The molecule has 0 aromatic carbocycles. The van der Waals surface area contributed by atoms with Gasteiger partial charge in [0.15, 0.2) is 22.8 Å². The van der Waals surface area contributed by atoms with Gasteiger partial charge in [0.2, 0.25) is 5.82 Å². The first kappa shape index (κ1) is 27.0. The molecule has 1 aliphatic carbocycles. The van der Waals surface area contributed by atoms with Crippen LogP contribution in [0.4, 0.5) is 15.4 Å². The van der Waals surface area contributed by atoms with Crippen LogP contribution in [0.5, 0.6) is 0 Å². The summed E-state index contributed by atoms with van der Waals surface area (Å²) in [4.78, 5) is 53.3. The molecule has 16 nitrogen and oxygen atoms in total. The summed E-state index contributed by atoms with van der Waals surface area (Å²) in [6.07, 6.45) is 2.24. The number of carbonyl (C=O) groups is 3. The van der Waals surface area contributed by atoms with Crippen molar-refractivity contribution >= 4 is 35.2 Å². The Morgan fingerprint density at radius 1 is 1.03 bits per heavy atom. The molecular weight excluding hydrogens is 492 g/mol. The van der Waals surface area contributed by atoms with Crippen LogP contribution in [0.25, 0.3) is 22.6 Å². The molecule has 2 fully saturated rings. The monoisotopic (exact) mass is 518 g/mol. The van der Waals surface area contributed by atoms with Crippen molar-refractivity contribution in [2.75, 3.05) is 31.2 Å². The summed E-state index contributed by atoms with van der Waals surface area (Å²) in [5.74, 6) is 1.33. The summed E-state index contributed by atoms with van der Waals surface area (Å²) >= 11 is 0. The molecule has 0 spiro atoms. The smallest absolute Gasteiger partial charge is 0.450 e. The Hall–Kier alpha value is -4.60. The molecule has 1 aliphatic heterocycles. The molecule has 0 atom stereocenters. The molecule has 2 aliphatic rings. The number of amides is 1. The molecule has 0 bridgehead atoms. The Morgan fingerprint density at radius 2 is 1.65 bits per heavy atom. The fourth-order valence-electron chi connectivity index (χ4n) is 3.56. The number of rotatable bonds is 5. The fourth-order valence-corrected chi connectivity index (χ4v) is 3.56. The minimum Gasteiger partial charge on any atom is -0.450 e. The Labute approximate surface area is 209 Å². The number of carbonyl (C=O) groups excluding carboxylic acids is 1. The summed E-state index contributed by atoms with van der Waals surface area (Å²) in [6.45, 7) is 5.50. The van der Waals surface area contributed by atoms with E-state index in [0.29, 0.717) is 36.2 Å². The number of anilines is 1. The quantitative estimate of drug-likeness (QED) is 0.320. The van der Waals surface area contributed by atoms with Crippen LogP contribution in [0.1, 0.15) is 29.2 Å². The van der Waals surface area contributed by atoms with Crippen LogP contribution in [0, 0.1) is 12.8 Å². The Bertz CT molecular complexity index is 1270. The van der Waals surface area contributed by atoms with Crippen LogP contribution in [-0.2, 0) is 11.3 Å². The summed E-state index contributed by atoms with van der Waals surface area (Å²) < 4.78 is 7.60. The van der Waals surface area contributed by atoms with E-state index >= 15 is 0 Å². The Balaban J connectivity index is 0.000000420. The zero-order chi connectivity index (χ0) is 27.1. The molecule has 4 heterocycles. The number of ether oxygens (including phenoxy) is 1. The number of aryl methyl sites for hydroxylation is 1. The number of aromatic nitrogens is 6. The number of imidazole rings is 1. The van der Waals surface area contributed by atoms with Crippen molar-refractivity contribution in [2.24, 2.45) is 11.7 Å². The van der Waals surface area contributed by atoms with Gasteiger partial charge in [0.1, 0.15) is 0 Å². The molecular formula is C21H26N8O8. The molecule has 5 rings (SSSR count). The largest absolute Gasteiger partial charge is 0.503 e. The van der Waals surface area contributed by atoms with Crippen molar-refractivity contribution in [2.45, 2.75) is 26.3 Å². The first-order chi connectivity index (χ1) is 17.6. The third-order valence-corrected chi connectivity index (χ3v) is 5.35. The van der Waals surface area contributed by atoms with Gasteiger partial charge in [-0.1, -0.05) is 0 Å². The molecule has 1 saturated carbocycles. The lowest BCUT2D eigenvalue weighted by molar-refractivity contribution is 0.0989. The van der Waals surface area contributed by atoms with Gasteiger partial charge in [-0.15, -0.1) is 0 Å². The van der Waals surface area contributed by atoms with E-state index in [4.69, 9.17) is 50.5 Å². The maximum atomic E-state index is 11.4. The van der Waals surface area contributed by atoms with Crippen molar-refractivity contribution in [1.29, 1.82) is 0 Å². The van der Waals surface area contributed by atoms with Gasteiger partial charge in [-0.3, -0.25) is 4.79 Å². The van der Waals surface area contributed by atoms with Gasteiger partial charge in [-0.25, -0.2) is 34.5 Å². The van der Waals surface area contributed by atoms with Gasteiger partial charge < -0.3 is 40.4 Å². The van der Waals surface area contributed by atoms with Crippen molar-refractivity contribution in [3.05, 3.63) is 24.0 Å². The van der Waals surface area contributed by atoms with E-state index in [1.54, 1.807) is 13.1 Å². The lowest BCUT2D eigenvalue weighted by atomic mass is 10.2. The van der Waals surface area contributed by atoms with Gasteiger partial charge in [0.05, 0.1) is 30.8 Å². The number of morpholine rings is 1. The number of primary amides is 1. The number of carboxylic acid groups (broad SMARTS) is 4. The van der Waals surface area contributed by atoms with E-state index < -0.39 is 18.2 Å². The zero-order valence-corrected chi connectivity index (χ0v) is 19.8. The third-order valence-electron chi connectivity index (χ3n) is 5.35. The molecule has 6 N–H and O–H groups in total. The predicted molar refractivity (Wildman–Crippen MR) is 127 cm³/mol. The van der Waals surface area contributed by atoms with Crippen molar-refractivity contribution in [3.8, 4) is 11.4 Å². The maximum Gasteiger partial charge on any atom is 0.503 e. The molecule has 0 radical (unpaired) electrons. The molecule has 37 heavy (non-hydrogen) atoms. The average Bonchev–Trinajstić information content (AvgIpc) is 3.56. The molecule has 3 aromatic heterocycles. The molecule has 0 unspecified atom stereocenters. The molecule has 1 amide bonds. The van der Waals surface area contributed by atoms with Gasteiger partial charge in [0, 0.05) is 25.8 Å². The lowest BCUT2D eigenvalue weighted by Crippen LogP contribution is -2.37. The number of hydrogen-bond donors (Lipinski definition) is 5. The first-order valence-corrected chi connectivity index (χ1v) is 11.1. The van der Waals surface area contributed by atoms with E-state index in [9.17, 15) is 4.79 Å². The topological polar surface area (TPSA) is 240 Å². The van der Waals surface area contributed by atoms with Crippen LogP contribution in [0.2, 0.25) is 0 Å². The lowest BCUT2D eigenvalue weighted by Gasteiger charge is -2.28. The second-order valence-corrected chi connectivity index (χ2v) is 8.10. The molecule has 1 saturated heterocycles. The summed E-state index contributed by atoms with van der Waals surface area (Å²) in [7, 11) is 0. The first-order valence-electron chi connectivity index (χ1n) is 11.1. The minimum absolute atomic E-state index is 0.0143. The van der Waals surface area contributed by atoms with Crippen LogP contribution < -0.4 is 10.6 Å². The number of fused-ring (bicyclic) bond motifs is 1. The molecule has 16 heteroatoms. The van der Waals surface area contributed by atoms with E-state index in [0.717, 1.165) is 36.6 Å². The van der Waals surface area contributed by atoms with E-state index in [1.165, 1.54) is 12.8 Å². The van der Waals surface area contributed by atoms with Crippen molar-refractivity contribution in [1.82, 2.24) is 29.5 Å². The van der Waals surface area contributed by atoms with Crippen LogP contribution in [-0.4, -0.2) is 94.4 Å². The van der Waals surface area contributed by atoms with Crippen molar-refractivity contribution in [3.63, 3.8) is 0 Å². The second kappa shape index (κ2) is 11.9. The van der Waals surface area contributed by atoms with Crippen molar-refractivity contribution < 1.29 is 39.5 Å². The predicted octanol–water partition coefficient (Wildman–Crippen LogP) is 1.38. The van der Waals surface area contributed by atoms with Gasteiger partial charge >= 0.3 is 12.3 Å². The Kier molecular flexibility index (Phi) is 8.68. The van der Waals surface area contributed by atoms with Gasteiger partial charge in [0.25, 0.3) is 5.91 Å². The van der Waals surface area contributed by atoms with E-state index in [-0.39, 0.29) is 5.82 Å². The van der Waals surface area contributed by atoms with Gasteiger partial charge in [-0.2, -0.15) is 0 Å². The summed E-state index contributed by atoms with van der Waals surface area (Å²) in [6, 6.07) is 0. The second-order valence-electron chi connectivity index (χ2n) is 8.10. The number of hydrogen-bond acceptors (Lipinski definition) is 10. The van der Waals surface area contributed by atoms with E-state index in [1.807, 2.05) is 6.33 Å². The highest BCUT2D eigenvalue weighted by molar-refractivity contribution is 5.89. The summed E-state index contributed by atoms with van der Waals surface area (Å²) in [5.41, 5.74) is 8.18. The highest BCUT2D eigenvalue weighted by Gasteiger charge is 2.26. The third kappa shape index (κ3) is 7.44. The average molecular weight is 518 g/mol. The maximum absolute atomic E-state index is 11.4. The highest BCUT2D eigenvalue weighted by atomic mass is 16.6. The van der Waals surface area contributed by atoms with Crippen LogP contribution in [0.15, 0.2) is 12.5 Å². The van der Waals surface area contributed by atoms with Crippen LogP contribution in [0.3, 0.4) is 0 Å². The number of nitrogens with zero attached hydrogens (tertiary/aromatic N) is 7.